The van der Waals surface area contributed by atoms with Gasteiger partial charge in [-0.25, -0.2) is 4.79 Å². The predicted octanol–water partition coefficient (Wildman–Crippen LogP) is 4.55. The molecule has 4 bridgehead atoms. The Balaban J connectivity index is 1.69. The van der Waals surface area contributed by atoms with Crippen molar-refractivity contribution >= 4 is 34.4 Å². The first kappa shape index (κ1) is 34.7. The average molecular weight is 687 g/mol. The zero-order chi connectivity index (χ0) is 34.5. The molecular formula is C35H50O10Si2. The molecule has 3 aliphatic carbocycles. The molecule has 10 nitrogen and oxygen atoms in total. The van der Waals surface area contributed by atoms with E-state index in [1.54, 1.807) is 37.3 Å². The molecular weight excluding hydrogens is 637 g/mol. The number of Topliss-reactive ketones (excluding diaryl/α,β-unsaturated/α-hetero) is 1. The van der Waals surface area contributed by atoms with Gasteiger partial charge in [0, 0.05) is 25.2 Å². The molecule has 1 aromatic carbocycles. The smallest absolute Gasteiger partial charge is 0.338 e. The van der Waals surface area contributed by atoms with Crippen molar-refractivity contribution in [1.82, 2.24) is 0 Å². The van der Waals surface area contributed by atoms with Gasteiger partial charge in [0.1, 0.15) is 23.9 Å². The number of rotatable bonds is 3. The second-order valence-electron chi connectivity index (χ2n) is 16.4. The van der Waals surface area contributed by atoms with Gasteiger partial charge >= 0.3 is 11.9 Å². The van der Waals surface area contributed by atoms with Crippen molar-refractivity contribution in [3.05, 3.63) is 47.0 Å². The quantitative estimate of drug-likeness (QED) is 0.265. The lowest BCUT2D eigenvalue weighted by Crippen LogP contribution is -2.82. The first-order valence-corrected chi connectivity index (χ1v) is 23.0. The summed E-state index contributed by atoms with van der Waals surface area (Å²) in [4.78, 5) is 42.7. The SMILES string of the molecule is CC(=O)O[C@@]12CO[C@@H]1C[C@@H]1O[Si](C)(C)CC[Si](C)(C)O[C@H]3C(=O)[C@@]1(C)[C@@H]2[C@H](OC(=O)c1ccccc1)[C@]1(O)C[C@H](O)C(C)=C3C1(C)C. The third-order valence-corrected chi connectivity index (χ3v) is 17.3. The van der Waals surface area contributed by atoms with E-state index < -0.39 is 87.0 Å². The lowest BCUT2D eigenvalue weighted by molar-refractivity contribution is -0.344. The topological polar surface area (TPSA) is 138 Å². The van der Waals surface area contributed by atoms with Gasteiger partial charge in [0.05, 0.1) is 35.7 Å². The zero-order valence-corrected chi connectivity index (χ0v) is 31.0. The van der Waals surface area contributed by atoms with Gasteiger partial charge in [-0.2, -0.15) is 0 Å². The number of aliphatic hydroxyl groups excluding tert-OH is 1. The molecule has 0 unspecified atom stereocenters. The third kappa shape index (κ3) is 5.16. The fraction of sp³-hybridized carbons (Fsp3) is 0.686. The highest BCUT2D eigenvalue weighted by atomic mass is 28.4. The van der Waals surface area contributed by atoms with Gasteiger partial charge in [0.25, 0.3) is 0 Å². The van der Waals surface area contributed by atoms with Crippen molar-refractivity contribution in [1.29, 1.82) is 0 Å². The summed E-state index contributed by atoms with van der Waals surface area (Å²) >= 11 is 0. The van der Waals surface area contributed by atoms with Gasteiger partial charge in [-0.15, -0.1) is 0 Å². The maximum absolute atomic E-state index is 15.7. The highest BCUT2D eigenvalue weighted by Crippen LogP contribution is 2.65. The number of aliphatic hydroxyl groups is 2. The first-order valence-electron chi connectivity index (χ1n) is 16.8. The van der Waals surface area contributed by atoms with Gasteiger partial charge in [-0.05, 0) is 75.4 Å². The van der Waals surface area contributed by atoms with Gasteiger partial charge in [-0.1, -0.05) is 32.0 Å². The van der Waals surface area contributed by atoms with Crippen molar-refractivity contribution in [3.63, 3.8) is 0 Å². The molecule has 258 valence electrons. The second kappa shape index (κ2) is 11.2. The Kier molecular flexibility index (Phi) is 8.23. The molecule has 4 fully saturated rings. The van der Waals surface area contributed by atoms with Gasteiger partial charge < -0.3 is 33.3 Å². The summed E-state index contributed by atoms with van der Waals surface area (Å²) in [5, 5.41) is 25.0. The summed E-state index contributed by atoms with van der Waals surface area (Å²) in [6.45, 7) is 17.0. The van der Waals surface area contributed by atoms with Gasteiger partial charge in [-0.3, -0.25) is 9.59 Å². The maximum Gasteiger partial charge on any atom is 0.338 e. The molecule has 6 rings (SSSR count). The Morgan fingerprint density at radius 2 is 1.60 bits per heavy atom. The predicted molar refractivity (Wildman–Crippen MR) is 177 cm³/mol. The van der Waals surface area contributed by atoms with Gasteiger partial charge in [0.15, 0.2) is 28.0 Å². The van der Waals surface area contributed by atoms with E-state index in [1.807, 2.05) is 20.8 Å². The third-order valence-electron chi connectivity index (χ3n) is 12.1. The van der Waals surface area contributed by atoms with E-state index in [1.165, 1.54) is 6.92 Å². The molecule has 47 heavy (non-hydrogen) atoms. The van der Waals surface area contributed by atoms with Gasteiger partial charge in [0.2, 0.25) is 0 Å². The molecule has 5 aliphatic rings. The van der Waals surface area contributed by atoms with E-state index in [2.05, 4.69) is 26.2 Å². The van der Waals surface area contributed by atoms with Crippen LogP contribution in [0.3, 0.4) is 0 Å². The molecule has 0 aromatic heterocycles. The lowest BCUT2D eigenvalue weighted by Gasteiger charge is -2.68. The van der Waals surface area contributed by atoms with E-state index in [-0.39, 0.29) is 30.8 Å². The van der Waals surface area contributed by atoms with Crippen LogP contribution in [0.1, 0.15) is 57.8 Å². The van der Waals surface area contributed by atoms with Crippen molar-refractivity contribution in [2.45, 2.75) is 127 Å². The fourth-order valence-electron chi connectivity index (χ4n) is 9.31. The van der Waals surface area contributed by atoms with Crippen molar-refractivity contribution in [2.24, 2.45) is 16.7 Å². The standard InChI is InChI=1S/C35H50O10Si2/c1-20-23(37)18-35(40)30(42-31(39)22-13-11-10-12-14-22)28-33(5)24(17-25-34(28,19-41-25)43-21(2)36)44-46(6,7)15-16-47(8,9)45-27(29(33)38)26(20)32(35,3)4/h10-14,23-25,27-28,30,37,40H,15-19H2,1-9H3/t23-,24-,25+,27+,28-,30-,33+,34-,35+/m0/s1. The highest BCUT2D eigenvalue weighted by molar-refractivity contribution is 6.76. The Morgan fingerprint density at radius 3 is 2.17 bits per heavy atom. The van der Waals surface area contributed by atoms with Crippen LogP contribution >= 0.6 is 0 Å². The molecule has 0 spiro atoms. The number of fused-ring (bicyclic) bond motifs is 6. The van der Waals surface area contributed by atoms with E-state index >= 15 is 4.79 Å². The largest absolute Gasteiger partial charge is 0.455 e. The van der Waals surface area contributed by atoms with Crippen molar-refractivity contribution < 1.29 is 47.7 Å². The fourth-order valence-corrected chi connectivity index (χ4v) is 16.3. The minimum Gasteiger partial charge on any atom is -0.455 e. The van der Waals surface area contributed by atoms with Crippen LogP contribution in [-0.4, -0.2) is 92.9 Å². The first-order chi connectivity index (χ1) is 21.7. The Bertz CT molecular complexity index is 1510. The van der Waals surface area contributed by atoms with Crippen LogP contribution in [-0.2, 0) is 32.7 Å². The van der Waals surface area contributed by atoms with Crippen molar-refractivity contribution in [3.8, 4) is 0 Å². The summed E-state index contributed by atoms with van der Waals surface area (Å²) in [5.74, 6) is -2.66. The van der Waals surface area contributed by atoms with Crippen molar-refractivity contribution in [2.75, 3.05) is 6.61 Å². The average Bonchev–Trinajstić information content (AvgIpc) is 2.97. The molecule has 0 amide bonds. The van der Waals surface area contributed by atoms with Crippen LogP contribution in [0.2, 0.25) is 38.3 Å². The van der Waals surface area contributed by atoms with Crippen LogP contribution in [0.15, 0.2) is 41.5 Å². The molecule has 2 saturated heterocycles. The minimum absolute atomic E-state index is 0.0513. The molecule has 2 saturated carbocycles. The molecule has 1 aromatic rings. The summed E-state index contributed by atoms with van der Waals surface area (Å²) in [6.07, 6.45) is -4.96. The Morgan fingerprint density at radius 1 is 0.979 bits per heavy atom. The molecule has 2 N–H and O–H groups in total. The van der Waals surface area contributed by atoms with E-state index in [9.17, 15) is 19.8 Å². The highest BCUT2D eigenvalue weighted by Gasteiger charge is 2.78. The molecule has 9 atom stereocenters. The number of carbonyl (C=O) groups excluding carboxylic acids is 3. The Hall–Kier alpha value is -2.20. The number of hydrogen-bond acceptors (Lipinski definition) is 10. The number of ketones is 1. The van der Waals surface area contributed by atoms with Crippen LogP contribution < -0.4 is 0 Å². The summed E-state index contributed by atoms with van der Waals surface area (Å²) in [6, 6.07) is 10.0. The van der Waals surface area contributed by atoms with E-state index in [0.717, 1.165) is 12.1 Å². The Labute approximate surface area is 279 Å². The number of esters is 2. The second-order valence-corrected chi connectivity index (χ2v) is 24.9. The molecule has 12 heteroatoms. The summed E-state index contributed by atoms with van der Waals surface area (Å²) < 4.78 is 33.0. The maximum atomic E-state index is 15.7. The van der Waals surface area contributed by atoms with E-state index in [4.69, 9.17) is 23.1 Å². The monoisotopic (exact) mass is 686 g/mol. The molecule has 0 radical (unpaired) electrons. The zero-order valence-electron chi connectivity index (χ0n) is 29.0. The summed E-state index contributed by atoms with van der Waals surface area (Å²) in [7, 11) is -4.98. The number of ether oxygens (including phenoxy) is 3. The molecule has 2 heterocycles. The molecule has 2 aliphatic heterocycles. The normalized spacial score (nSPS) is 41.7. The van der Waals surface area contributed by atoms with E-state index in [0.29, 0.717) is 11.1 Å². The number of hydrogen-bond donors (Lipinski definition) is 2. The van der Waals surface area contributed by atoms with Crippen LogP contribution in [0.4, 0.5) is 0 Å². The van der Waals surface area contributed by atoms with Crippen LogP contribution in [0.25, 0.3) is 0 Å². The van der Waals surface area contributed by atoms with Crippen LogP contribution in [0.5, 0.6) is 0 Å². The summed E-state index contributed by atoms with van der Waals surface area (Å²) in [5.41, 5.74) is -4.71. The lowest BCUT2D eigenvalue weighted by atomic mass is 9.44. The number of carbonyl (C=O) groups is 3. The minimum atomic E-state index is -2.55. The number of benzene rings is 1. The van der Waals surface area contributed by atoms with Crippen LogP contribution in [0, 0.1) is 16.7 Å².